The fourth-order valence-corrected chi connectivity index (χ4v) is 1.77. The Morgan fingerprint density at radius 3 is 2.67 bits per heavy atom. The molecule has 1 aromatic rings. The molecule has 0 saturated carbocycles. The minimum atomic E-state index is -0.504. The number of carbonyl (C=O) groups excluding carboxylic acids is 1. The van der Waals surface area contributed by atoms with Crippen LogP contribution >= 0.6 is 0 Å². The van der Waals surface area contributed by atoms with E-state index >= 15 is 0 Å². The summed E-state index contributed by atoms with van der Waals surface area (Å²) in [4.78, 5) is 13.5. The van der Waals surface area contributed by atoms with E-state index in [0.29, 0.717) is 13.1 Å². The molecular weight excluding hydrogens is 197 g/mol. The van der Waals surface area contributed by atoms with Gasteiger partial charge in [0, 0.05) is 13.1 Å². The maximum atomic E-state index is 12.9. The Bertz CT molecular complexity index is 386. The van der Waals surface area contributed by atoms with Gasteiger partial charge in [0.2, 0.25) is 0 Å². The van der Waals surface area contributed by atoms with Crippen LogP contribution in [-0.2, 0) is 0 Å². The number of amides is 1. The first kappa shape index (κ1) is 9.96. The number of hydrogen-bond acceptors (Lipinski definition) is 2. The molecule has 1 aromatic carbocycles. The molecule has 4 heteroatoms. The van der Waals surface area contributed by atoms with Crippen LogP contribution in [-0.4, -0.2) is 29.0 Å². The summed E-state index contributed by atoms with van der Waals surface area (Å²) in [7, 11) is 0. The van der Waals surface area contributed by atoms with Crippen LogP contribution in [0.25, 0.3) is 0 Å². The Labute approximate surface area is 87.1 Å². The zero-order chi connectivity index (χ0) is 10.8. The lowest BCUT2D eigenvalue weighted by Crippen LogP contribution is -2.27. The van der Waals surface area contributed by atoms with Crippen molar-refractivity contribution >= 4 is 5.91 Å². The van der Waals surface area contributed by atoms with Crippen molar-refractivity contribution in [1.29, 1.82) is 0 Å². The zero-order valence-corrected chi connectivity index (χ0v) is 8.24. The molecule has 1 amide bonds. The van der Waals surface area contributed by atoms with Gasteiger partial charge >= 0.3 is 0 Å². The Balaban J connectivity index is 2.27. The average Bonchev–Trinajstić information content (AvgIpc) is 2.74. The van der Waals surface area contributed by atoms with Crippen molar-refractivity contribution in [3.8, 4) is 5.75 Å². The normalized spacial score (nSPS) is 15.7. The summed E-state index contributed by atoms with van der Waals surface area (Å²) in [5.41, 5.74) is 0.0527. The van der Waals surface area contributed by atoms with E-state index in [4.69, 9.17) is 0 Å². The van der Waals surface area contributed by atoms with Gasteiger partial charge in [-0.2, -0.15) is 0 Å². The minimum absolute atomic E-state index is 0.0527. The number of hydrogen-bond donors (Lipinski definition) is 1. The molecule has 0 bridgehead atoms. The molecule has 0 spiro atoms. The van der Waals surface area contributed by atoms with Crippen molar-refractivity contribution in [3.05, 3.63) is 29.6 Å². The summed E-state index contributed by atoms with van der Waals surface area (Å²) in [6, 6.07) is 3.42. The smallest absolute Gasteiger partial charge is 0.257 e. The van der Waals surface area contributed by atoms with Crippen LogP contribution in [0.15, 0.2) is 18.2 Å². The van der Waals surface area contributed by atoms with Gasteiger partial charge in [0.15, 0.2) is 0 Å². The first-order chi connectivity index (χ1) is 7.18. The number of likely N-dealkylation sites (tertiary alicyclic amines) is 1. The van der Waals surface area contributed by atoms with Crippen LogP contribution in [0.3, 0.4) is 0 Å². The fourth-order valence-electron chi connectivity index (χ4n) is 1.77. The molecule has 1 aliphatic heterocycles. The maximum absolute atomic E-state index is 12.9. The summed E-state index contributed by atoms with van der Waals surface area (Å²) in [6.07, 6.45) is 1.95. The van der Waals surface area contributed by atoms with Crippen molar-refractivity contribution in [2.75, 3.05) is 13.1 Å². The SMILES string of the molecule is O=C(c1cc(F)ccc1O)N1CCCC1. The molecular formula is C11H12FNO2. The molecule has 0 unspecified atom stereocenters. The van der Waals surface area contributed by atoms with Crippen LogP contribution in [0.1, 0.15) is 23.2 Å². The largest absolute Gasteiger partial charge is 0.507 e. The summed E-state index contributed by atoms with van der Waals surface area (Å²) in [6.45, 7) is 1.38. The number of phenolic OH excluding ortho intramolecular Hbond substituents is 1. The summed E-state index contributed by atoms with van der Waals surface area (Å²) >= 11 is 0. The summed E-state index contributed by atoms with van der Waals surface area (Å²) in [5.74, 6) is -0.951. The Morgan fingerprint density at radius 2 is 2.00 bits per heavy atom. The van der Waals surface area contributed by atoms with Gasteiger partial charge in [0.05, 0.1) is 5.56 Å². The Kier molecular flexibility index (Phi) is 2.58. The third-order valence-electron chi connectivity index (χ3n) is 2.58. The molecule has 1 N–H and O–H groups in total. The predicted octanol–water partition coefficient (Wildman–Crippen LogP) is 1.77. The topological polar surface area (TPSA) is 40.5 Å². The van der Waals surface area contributed by atoms with E-state index in [2.05, 4.69) is 0 Å². The molecule has 1 heterocycles. The molecule has 0 atom stereocenters. The van der Waals surface area contributed by atoms with Gasteiger partial charge in [-0.25, -0.2) is 4.39 Å². The molecule has 15 heavy (non-hydrogen) atoms. The van der Waals surface area contributed by atoms with E-state index < -0.39 is 5.82 Å². The molecule has 80 valence electrons. The van der Waals surface area contributed by atoms with Crippen molar-refractivity contribution in [2.45, 2.75) is 12.8 Å². The highest BCUT2D eigenvalue weighted by Crippen LogP contribution is 2.21. The second-order valence-electron chi connectivity index (χ2n) is 3.66. The van der Waals surface area contributed by atoms with Crippen molar-refractivity contribution in [3.63, 3.8) is 0 Å². The van der Waals surface area contributed by atoms with E-state index in [1.54, 1.807) is 4.90 Å². The minimum Gasteiger partial charge on any atom is -0.507 e. The summed E-state index contributed by atoms with van der Waals surface area (Å²) in [5, 5.41) is 9.45. The molecule has 0 aliphatic carbocycles. The highest BCUT2D eigenvalue weighted by molar-refractivity contribution is 5.96. The van der Waals surface area contributed by atoms with Crippen LogP contribution in [0, 0.1) is 5.82 Å². The van der Waals surface area contributed by atoms with Gasteiger partial charge in [-0.15, -0.1) is 0 Å². The molecule has 2 rings (SSSR count). The van der Waals surface area contributed by atoms with Gasteiger partial charge in [-0.3, -0.25) is 4.79 Å². The quantitative estimate of drug-likeness (QED) is 0.765. The number of aromatic hydroxyl groups is 1. The highest BCUT2D eigenvalue weighted by Gasteiger charge is 2.22. The van der Waals surface area contributed by atoms with Crippen LogP contribution < -0.4 is 0 Å². The molecule has 1 fully saturated rings. The lowest BCUT2D eigenvalue weighted by atomic mass is 10.1. The standard InChI is InChI=1S/C11H12FNO2/c12-8-3-4-10(14)9(7-8)11(15)13-5-1-2-6-13/h3-4,7,14H,1-2,5-6H2. The molecule has 1 saturated heterocycles. The number of carbonyl (C=O) groups is 1. The van der Waals surface area contributed by atoms with Gasteiger partial charge in [0.25, 0.3) is 5.91 Å². The van der Waals surface area contributed by atoms with Crippen molar-refractivity contribution in [1.82, 2.24) is 4.90 Å². The fraction of sp³-hybridized carbons (Fsp3) is 0.364. The van der Waals surface area contributed by atoms with E-state index in [-0.39, 0.29) is 17.2 Å². The lowest BCUT2D eigenvalue weighted by Gasteiger charge is -2.15. The molecule has 0 radical (unpaired) electrons. The van der Waals surface area contributed by atoms with Crippen LogP contribution in [0.4, 0.5) is 4.39 Å². The number of benzene rings is 1. The number of halogens is 1. The van der Waals surface area contributed by atoms with E-state index in [0.717, 1.165) is 25.0 Å². The van der Waals surface area contributed by atoms with E-state index in [9.17, 15) is 14.3 Å². The third-order valence-corrected chi connectivity index (χ3v) is 2.58. The van der Waals surface area contributed by atoms with Crippen LogP contribution in [0.2, 0.25) is 0 Å². The maximum Gasteiger partial charge on any atom is 0.257 e. The summed E-state index contributed by atoms with van der Waals surface area (Å²) < 4.78 is 12.9. The first-order valence-corrected chi connectivity index (χ1v) is 4.96. The first-order valence-electron chi connectivity index (χ1n) is 4.96. The molecule has 3 nitrogen and oxygen atoms in total. The second-order valence-corrected chi connectivity index (χ2v) is 3.66. The Morgan fingerprint density at radius 1 is 1.33 bits per heavy atom. The highest BCUT2D eigenvalue weighted by atomic mass is 19.1. The predicted molar refractivity (Wildman–Crippen MR) is 53.2 cm³/mol. The van der Waals surface area contributed by atoms with Crippen molar-refractivity contribution in [2.24, 2.45) is 0 Å². The zero-order valence-electron chi connectivity index (χ0n) is 8.24. The van der Waals surface area contributed by atoms with E-state index in [1.165, 1.54) is 6.07 Å². The lowest BCUT2D eigenvalue weighted by molar-refractivity contribution is 0.0789. The van der Waals surface area contributed by atoms with Gasteiger partial charge in [-0.05, 0) is 31.0 Å². The Hall–Kier alpha value is -1.58. The second kappa shape index (κ2) is 3.88. The molecule has 0 aromatic heterocycles. The number of nitrogens with zero attached hydrogens (tertiary/aromatic N) is 1. The average molecular weight is 209 g/mol. The third kappa shape index (κ3) is 1.93. The number of rotatable bonds is 1. The number of phenols is 1. The van der Waals surface area contributed by atoms with Crippen LogP contribution in [0.5, 0.6) is 5.75 Å². The van der Waals surface area contributed by atoms with Crippen molar-refractivity contribution < 1.29 is 14.3 Å². The van der Waals surface area contributed by atoms with E-state index in [1.807, 2.05) is 0 Å². The monoisotopic (exact) mass is 209 g/mol. The van der Waals surface area contributed by atoms with Gasteiger partial charge < -0.3 is 10.0 Å². The van der Waals surface area contributed by atoms with Gasteiger partial charge in [-0.1, -0.05) is 0 Å². The van der Waals surface area contributed by atoms with Gasteiger partial charge in [0.1, 0.15) is 11.6 Å². The molecule has 1 aliphatic rings.